The summed E-state index contributed by atoms with van der Waals surface area (Å²) in [5.74, 6) is -0.283. The smallest absolute Gasteiger partial charge is 0.256 e. The van der Waals surface area contributed by atoms with Crippen LogP contribution in [0.2, 0.25) is 5.15 Å². The number of carbonyl (C=O) groups excluding carboxylic acids is 2. The number of halogens is 1. The lowest BCUT2D eigenvalue weighted by molar-refractivity contribution is -0.114. The number of pyridine rings is 1. The normalized spacial score (nSPS) is 11.6. The number of nitrogens with zero attached hydrogens (tertiary/aromatic N) is 2. The van der Waals surface area contributed by atoms with Crippen LogP contribution in [0.4, 0.5) is 5.69 Å². The molecule has 1 unspecified atom stereocenters. The lowest BCUT2D eigenvalue weighted by Crippen LogP contribution is -2.33. The number of carbonyl (C=O) groups is 2. The summed E-state index contributed by atoms with van der Waals surface area (Å²) in [6.07, 6.45) is 1.49. The standard InChI is InChI=1S/C23H22ClN3O2/c1-16(19-9-6-10-21(13-19)26-17(2)28)27(15-18-7-4-3-5-8-18)23(29)20-11-12-22(24)25-14-20/h3-14,16H,15H2,1-2H3,(H,26,28). The average Bonchev–Trinajstić information content (AvgIpc) is 2.72. The molecule has 29 heavy (non-hydrogen) atoms. The molecule has 3 aromatic rings. The summed E-state index contributed by atoms with van der Waals surface area (Å²) in [5, 5.41) is 3.13. The summed E-state index contributed by atoms with van der Waals surface area (Å²) in [7, 11) is 0. The van der Waals surface area contributed by atoms with Gasteiger partial charge in [0.1, 0.15) is 5.15 Å². The van der Waals surface area contributed by atoms with E-state index in [4.69, 9.17) is 11.6 Å². The molecule has 0 fully saturated rings. The molecule has 5 nitrogen and oxygen atoms in total. The Balaban J connectivity index is 1.94. The van der Waals surface area contributed by atoms with Gasteiger partial charge in [-0.25, -0.2) is 4.98 Å². The molecule has 6 heteroatoms. The number of hydrogen-bond donors (Lipinski definition) is 1. The first-order valence-corrected chi connectivity index (χ1v) is 9.66. The molecule has 1 N–H and O–H groups in total. The number of rotatable bonds is 6. The Kier molecular flexibility index (Phi) is 6.62. The number of nitrogens with one attached hydrogen (secondary N) is 1. The van der Waals surface area contributed by atoms with Crippen molar-refractivity contribution >= 4 is 29.1 Å². The van der Waals surface area contributed by atoms with Crippen LogP contribution in [0.1, 0.15) is 41.4 Å². The minimum Gasteiger partial charge on any atom is -0.328 e. The molecule has 2 amide bonds. The molecule has 0 aliphatic carbocycles. The highest BCUT2D eigenvalue weighted by Gasteiger charge is 2.23. The Morgan fingerprint density at radius 3 is 2.48 bits per heavy atom. The van der Waals surface area contributed by atoms with E-state index in [1.807, 2.05) is 61.5 Å². The van der Waals surface area contributed by atoms with Crippen LogP contribution in [0.25, 0.3) is 0 Å². The lowest BCUT2D eigenvalue weighted by atomic mass is 10.0. The van der Waals surface area contributed by atoms with Crippen LogP contribution in [-0.2, 0) is 11.3 Å². The Hall–Kier alpha value is -3.18. The Bertz CT molecular complexity index is 991. The largest absolute Gasteiger partial charge is 0.328 e. The highest BCUT2D eigenvalue weighted by Crippen LogP contribution is 2.27. The molecular weight excluding hydrogens is 386 g/mol. The minimum absolute atomic E-state index is 0.140. The number of anilines is 1. The molecule has 1 heterocycles. The zero-order valence-electron chi connectivity index (χ0n) is 16.3. The first kappa shape index (κ1) is 20.6. The van der Waals surface area contributed by atoms with Gasteiger partial charge in [0, 0.05) is 25.4 Å². The SMILES string of the molecule is CC(=O)Nc1cccc(C(C)N(Cc2ccccc2)C(=O)c2ccc(Cl)nc2)c1. The minimum atomic E-state index is -0.230. The maximum absolute atomic E-state index is 13.3. The first-order chi connectivity index (χ1) is 13.9. The van der Waals surface area contributed by atoms with Crippen LogP contribution in [0.15, 0.2) is 72.9 Å². The van der Waals surface area contributed by atoms with Gasteiger partial charge in [0.05, 0.1) is 11.6 Å². The molecule has 0 aliphatic heterocycles. The van der Waals surface area contributed by atoms with E-state index >= 15 is 0 Å². The van der Waals surface area contributed by atoms with Gasteiger partial charge >= 0.3 is 0 Å². The van der Waals surface area contributed by atoms with Crippen LogP contribution < -0.4 is 5.32 Å². The van der Waals surface area contributed by atoms with Gasteiger partial charge in [0.2, 0.25) is 5.91 Å². The molecule has 0 radical (unpaired) electrons. The maximum Gasteiger partial charge on any atom is 0.256 e. The third-order valence-corrected chi connectivity index (χ3v) is 4.81. The van der Waals surface area contributed by atoms with Crippen molar-refractivity contribution in [3.05, 3.63) is 94.8 Å². The van der Waals surface area contributed by atoms with Crippen molar-refractivity contribution in [2.45, 2.75) is 26.4 Å². The first-order valence-electron chi connectivity index (χ1n) is 9.28. The Labute approximate surface area is 175 Å². The third-order valence-electron chi connectivity index (χ3n) is 4.59. The van der Waals surface area contributed by atoms with Gasteiger partial charge in [0.15, 0.2) is 0 Å². The maximum atomic E-state index is 13.3. The monoisotopic (exact) mass is 407 g/mol. The summed E-state index contributed by atoms with van der Waals surface area (Å²) in [6.45, 7) is 3.87. The molecule has 0 aliphatic rings. The van der Waals surface area contributed by atoms with Crippen LogP contribution in [0.3, 0.4) is 0 Å². The van der Waals surface area contributed by atoms with E-state index in [9.17, 15) is 9.59 Å². The zero-order chi connectivity index (χ0) is 20.8. The summed E-state index contributed by atoms with van der Waals surface area (Å²) < 4.78 is 0. The molecule has 0 spiro atoms. The van der Waals surface area contributed by atoms with E-state index in [1.54, 1.807) is 17.0 Å². The second kappa shape index (κ2) is 9.34. The van der Waals surface area contributed by atoms with Crippen molar-refractivity contribution in [2.24, 2.45) is 0 Å². The molecule has 0 saturated carbocycles. The summed E-state index contributed by atoms with van der Waals surface area (Å²) in [4.78, 5) is 30.5. The fourth-order valence-electron chi connectivity index (χ4n) is 3.09. The summed E-state index contributed by atoms with van der Waals surface area (Å²) in [5.41, 5.74) is 3.10. The van der Waals surface area contributed by atoms with Gasteiger partial charge in [0.25, 0.3) is 5.91 Å². The van der Waals surface area contributed by atoms with Crippen LogP contribution in [-0.4, -0.2) is 21.7 Å². The quantitative estimate of drug-likeness (QED) is 0.578. The van der Waals surface area contributed by atoms with E-state index in [-0.39, 0.29) is 17.9 Å². The van der Waals surface area contributed by atoms with Gasteiger partial charge < -0.3 is 10.2 Å². The average molecular weight is 408 g/mol. The Morgan fingerprint density at radius 2 is 1.83 bits per heavy atom. The van der Waals surface area contributed by atoms with E-state index in [0.717, 1.165) is 11.1 Å². The van der Waals surface area contributed by atoms with Gasteiger partial charge in [-0.3, -0.25) is 9.59 Å². The fraction of sp³-hybridized carbons (Fsp3) is 0.174. The van der Waals surface area contributed by atoms with Gasteiger partial charge in [-0.1, -0.05) is 54.1 Å². The van der Waals surface area contributed by atoms with Crippen molar-refractivity contribution < 1.29 is 9.59 Å². The van der Waals surface area contributed by atoms with Gasteiger partial charge in [-0.2, -0.15) is 0 Å². The fourth-order valence-corrected chi connectivity index (χ4v) is 3.20. The van der Waals surface area contributed by atoms with Crippen LogP contribution in [0.5, 0.6) is 0 Å². The molecule has 0 bridgehead atoms. The Morgan fingerprint density at radius 1 is 1.07 bits per heavy atom. The molecule has 3 rings (SSSR count). The van der Waals surface area contributed by atoms with Crippen molar-refractivity contribution in [3.63, 3.8) is 0 Å². The predicted octanol–water partition coefficient (Wildman–Crippen LogP) is 5.10. The van der Waals surface area contributed by atoms with E-state index in [0.29, 0.717) is 22.9 Å². The summed E-state index contributed by atoms with van der Waals surface area (Å²) in [6, 6.07) is 20.4. The number of hydrogen-bond acceptors (Lipinski definition) is 3. The van der Waals surface area contributed by atoms with Crippen LogP contribution in [0, 0.1) is 0 Å². The molecule has 1 aromatic heterocycles. The summed E-state index contributed by atoms with van der Waals surface area (Å²) >= 11 is 5.87. The number of benzene rings is 2. The van der Waals surface area contributed by atoms with Crippen molar-refractivity contribution in [1.82, 2.24) is 9.88 Å². The van der Waals surface area contributed by atoms with Crippen molar-refractivity contribution in [3.8, 4) is 0 Å². The van der Waals surface area contributed by atoms with E-state index < -0.39 is 0 Å². The highest BCUT2D eigenvalue weighted by atomic mass is 35.5. The molecule has 0 saturated heterocycles. The number of amides is 2. The van der Waals surface area contributed by atoms with Crippen LogP contribution >= 0.6 is 11.6 Å². The number of aromatic nitrogens is 1. The molecule has 2 aromatic carbocycles. The molecule has 1 atom stereocenters. The van der Waals surface area contributed by atoms with E-state index in [1.165, 1.54) is 13.1 Å². The second-order valence-corrected chi connectivity index (χ2v) is 7.16. The zero-order valence-corrected chi connectivity index (χ0v) is 17.1. The molecular formula is C23H22ClN3O2. The third kappa shape index (κ3) is 5.42. The predicted molar refractivity (Wildman–Crippen MR) is 115 cm³/mol. The topological polar surface area (TPSA) is 62.3 Å². The molecule has 148 valence electrons. The van der Waals surface area contributed by atoms with Gasteiger partial charge in [-0.05, 0) is 42.3 Å². The van der Waals surface area contributed by atoms with Crippen molar-refractivity contribution in [1.29, 1.82) is 0 Å². The van der Waals surface area contributed by atoms with E-state index in [2.05, 4.69) is 10.3 Å². The van der Waals surface area contributed by atoms with Gasteiger partial charge in [-0.15, -0.1) is 0 Å². The highest BCUT2D eigenvalue weighted by molar-refractivity contribution is 6.29. The lowest BCUT2D eigenvalue weighted by Gasteiger charge is -2.30. The second-order valence-electron chi connectivity index (χ2n) is 6.77. The van der Waals surface area contributed by atoms with Crippen molar-refractivity contribution in [2.75, 3.05) is 5.32 Å².